The number of hydrogen-bond donors (Lipinski definition) is 0. The third-order valence-electron chi connectivity index (χ3n) is 1.71. The molecule has 0 spiro atoms. The second-order valence-electron chi connectivity index (χ2n) is 3.82. The zero-order valence-electron chi connectivity index (χ0n) is 12.3. The van der Waals surface area contributed by atoms with Gasteiger partial charge in [-0.2, -0.15) is 52.7 Å². The van der Waals surface area contributed by atoms with Gasteiger partial charge in [0.1, 0.15) is 0 Å². The van der Waals surface area contributed by atoms with E-state index in [0.717, 1.165) is 0 Å². The summed E-state index contributed by atoms with van der Waals surface area (Å²) in [6.07, 6.45) is -22.8. The predicted molar refractivity (Wildman–Crippen MR) is 64.2 cm³/mol. The molecule has 0 atom stereocenters. The quantitative estimate of drug-likeness (QED) is 0.187. The Morgan fingerprint density at radius 3 is 0.607 bits per heavy atom. The number of ketones is 4. The molecule has 0 aliphatic heterocycles. The van der Waals surface area contributed by atoms with Gasteiger partial charge in [0.25, 0.3) is 23.1 Å². The molecule has 0 aliphatic carbocycles. The van der Waals surface area contributed by atoms with Gasteiger partial charge in [-0.15, -0.1) is 12.8 Å². The summed E-state index contributed by atoms with van der Waals surface area (Å²) in [7, 11) is 0. The Kier molecular flexibility index (Phi) is 13.4. The molecule has 0 bridgehead atoms. The molecule has 0 radical (unpaired) electrons. The van der Waals surface area contributed by atoms with E-state index in [1.54, 1.807) is 0 Å². The second-order valence-corrected chi connectivity index (χ2v) is 3.82. The minimum atomic E-state index is -5.31. The monoisotopic (exact) mass is 494 g/mol. The molecule has 28 heavy (non-hydrogen) atoms. The Hall–Kier alpha value is -1.97. The molecule has 0 heterocycles. The summed E-state index contributed by atoms with van der Waals surface area (Å²) in [5, 5.41) is 0. The SMILES string of the molecule is O.[Ni].[OH+]=C([CH-]C(=[OH+])C(F)(F)F)C(F)(F)F.[OH+]=C([CH-]C(=[OH+])C(F)(F)F)C(F)(F)F. The van der Waals surface area contributed by atoms with Crippen molar-refractivity contribution in [2.45, 2.75) is 24.7 Å². The van der Waals surface area contributed by atoms with Crippen molar-refractivity contribution >= 4 is 23.1 Å². The van der Waals surface area contributed by atoms with Crippen molar-refractivity contribution in [1.82, 2.24) is 0 Å². The van der Waals surface area contributed by atoms with Gasteiger partial charge >= 0.3 is 24.7 Å². The molecule has 0 rings (SSSR count). The molecule has 0 saturated heterocycles. The first-order valence-electron chi connectivity index (χ1n) is 5.32. The molecule has 0 aromatic rings. The van der Waals surface area contributed by atoms with E-state index in [1.807, 2.05) is 0 Å². The molecular weight excluding hydrogens is 487 g/mol. The maximum Gasteiger partial charge on any atom is 0.473 e. The first-order valence-corrected chi connectivity index (χ1v) is 5.32. The Balaban J connectivity index is -0.000000192. The summed E-state index contributed by atoms with van der Waals surface area (Å²) in [6, 6.07) is 0. The Bertz CT molecular complexity index is 459. The topological polar surface area (TPSA) is 117 Å². The molecular formula is C10H8F12NiO5+2. The first kappa shape index (κ1) is 33.6. The Labute approximate surface area is 155 Å². The van der Waals surface area contributed by atoms with Crippen LogP contribution in [0.3, 0.4) is 0 Å². The molecule has 0 amide bonds. The molecule has 18 heteroatoms. The van der Waals surface area contributed by atoms with Crippen LogP contribution in [0.1, 0.15) is 0 Å². The Morgan fingerprint density at radius 1 is 0.429 bits per heavy atom. The number of rotatable bonds is 4. The van der Waals surface area contributed by atoms with Crippen molar-refractivity contribution in [2.24, 2.45) is 0 Å². The largest absolute Gasteiger partial charge is 0.473 e. The fraction of sp³-hybridized carbons (Fsp3) is 0.400. The third-order valence-corrected chi connectivity index (χ3v) is 1.71. The van der Waals surface area contributed by atoms with Gasteiger partial charge in [0.2, 0.25) is 0 Å². The van der Waals surface area contributed by atoms with E-state index in [-0.39, 0.29) is 22.0 Å². The molecule has 170 valence electrons. The first-order chi connectivity index (χ1) is 11.1. The average molecular weight is 495 g/mol. The molecule has 6 N–H and O–H groups in total. The minimum absolute atomic E-state index is 0. The zero-order valence-corrected chi connectivity index (χ0v) is 13.3. The van der Waals surface area contributed by atoms with Crippen LogP contribution in [0.5, 0.6) is 0 Å². The van der Waals surface area contributed by atoms with Gasteiger partial charge in [-0.3, -0.25) is 0 Å². The Morgan fingerprint density at radius 2 is 0.536 bits per heavy atom. The van der Waals surface area contributed by atoms with Gasteiger partial charge in [0, 0.05) is 16.5 Å². The molecule has 5 nitrogen and oxygen atoms in total. The summed E-state index contributed by atoms with van der Waals surface area (Å²) < 4.78 is 137. The number of hydrogen-bond acceptors (Lipinski definition) is 0. The zero-order chi connectivity index (χ0) is 21.7. The van der Waals surface area contributed by atoms with Crippen LogP contribution in [0.15, 0.2) is 0 Å². The van der Waals surface area contributed by atoms with E-state index in [0.29, 0.717) is 0 Å². The summed E-state index contributed by atoms with van der Waals surface area (Å²) in [5.41, 5.74) is 0. The van der Waals surface area contributed by atoms with Crippen LogP contribution in [0.25, 0.3) is 0 Å². The van der Waals surface area contributed by atoms with Crippen molar-refractivity contribution in [1.29, 1.82) is 0 Å². The van der Waals surface area contributed by atoms with Crippen molar-refractivity contribution in [2.75, 3.05) is 0 Å². The second kappa shape index (κ2) is 11.1. The normalized spacial score (nSPS) is 11.6. The van der Waals surface area contributed by atoms with E-state index in [1.165, 1.54) is 0 Å². The van der Waals surface area contributed by atoms with Gasteiger partial charge in [-0.25, -0.2) is 0 Å². The molecule has 0 unspecified atom stereocenters. The maximum atomic E-state index is 11.4. The molecule has 0 fully saturated rings. The fourth-order valence-corrected chi connectivity index (χ4v) is 0.586. The standard InChI is InChI=1S/2C5HF6O2.Ni.H2O/c2*6-4(7,8)2(12)1-3(13)5(9,10)11;;/h2*1H;;1H2/q2*-1;;/p+4. The molecule has 0 aromatic heterocycles. The van der Waals surface area contributed by atoms with E-state index in [2.05, 4.69) is 0 Å². The fourth-order valence-electron chi connectivity index (χ4n) is 0.586. The van der Waals surface area contributed by atoms with E-state index in [9.17, 15) is 52.7 Å². The van der Waals surface area contributed by atoms with E-state index < -0.39 is 60.7 Å². The van der Waals surface area contributed by atoms with Crippen LogP contribution in [-0.2, 0) is 16.5 Å². The van der Waals surface area contributed by atoms with Gasteiger partial charge in [-0.05, 0) is 0 Å². The predicted octanol–water partition coefficient (Wildman–Crippen LogP) is 1.98. The molecule has 0 aromatic carbocycles. The van der Waals surface area contributed by atoms with Gasteiger partial charge < -0.3 is 24.7 Å². The molecule has 0 aliphatic rings. The number of alkyl halides is 12. The van der Waals surface area contributed by atoms with Crippen molar-refractivity contribution in [3.8, 4) is 0 Å². The van der Waals surface area contributed by atoms with E-state index in [4.69, 9.17) is 19.2 Å². The van der Waals surface area contributed by atoms with Crippen LogP contribution in [0, 0.1) is 12.8 Å². The van der Waals surface area contributed by atoms with Crippen LogP contribution in [-0.4, -0.2) is 72.5 Å². The van der Waals surface area contributed by atoms with Crippen LogP contribution in [0.2, 0.25) is 0 Å². The van der Waals surface area contributed by atoms with Crippen molar-refractivity contribution < 1.29 is 93.8 Å². The van der Waals surface area contributed by atoms with Crippen molar-refractivity contribution in [3.05, 3.63) is 12.8 Å². The van der Waals surface area contributed by atoms with Gasteiger partial charge in [0.15, 0.2) is 0 Å². The van der Waals surface area contributed by atoms with Crippen LogP contribution < -0.4 is 0 Å². The molecule has 0 saturated carbocycles. The summed E-state index contributed by atoms with van der Waals surface area (Å²) in [4.78, 5) is 31.9. The van der Waals surface area contributed by atoms with E-state index >= 15 is 0 Å². The van der Waals surface area contributed by atoms with Crippen molar-refractivity contribution in [3.63, 3.8) is 0 Å². The number of carbonyl (C=O) groups excluding carboxylic acids is 4. The van der Waals surface area contributed by atoms with Gasteiger partial charge in [0.05, 0.1) is 0 Å². The minimum Gasteiger partial charge on any atom is -0.412 e. The maximum absolute atomic E-state index is 11.4. The summed E-state index contributed by atoms with van der Waals surface area (Å²) in [5.74, 6) is -10.0. The smallest absolute Gasteiger partial charge is 0.412 e. The average Bonchev–Trinajstić information content (AvgIpc) is 2.34. The summed E-state index contributed by atoms with van der Waals surface area (Å²) >= 11 is 0. The number of halogens is 12. The summed E-state index contributed by atoms with van der Waals surface area (Å²) in [6.45, 7) is 0. The van der Waals surface area contributed by atoms with Crippen LogP contribution >= 0.6 is 0 Å². The van der Waals surface area contributed by atoms with Gasteiger partial charge in [-0.1, -0.05) is 0 Å². The third kappa shape index (κ3) is 14.1. The van der Waals surface area contributed by atoms with Crippen LogP contribution in [0.4, 0.5) is 52.7 Å².